The summed E-state index contributed by atoms with van der Waals surface area (Å²) in [5.74, 6) is -1.29. The van der Waals surface area contributed by atoms with Gasteiger partial charge in [0.25, 0.3) is 5.56 Å². The van der Waals surface area contributed by atoms with Crippen molar-refractivity contribution in [3.63, 3.8) is 0 Å². The fourth-order valence-electron chi connectivity index (χ4n) is 2.91. The summed E-state index contributed by atoms with van der Waals surface area (Å²) in [7, 11) is 1.86. The molecule has 0 atom stereocenters. The number of benzene rings is 1. The number of fused-ring (bicyclic) bond motifs is 1. The topological polar surface area (TPSA) is 119 Å². The van der Waals surface area contributed by atoms with E-state index in [0.29, 0.717) is 33.7 Å². The van der Waals surface area contributed by atoms with Crippen LogP contribution in [0.1, 0.15) is 15.9 Å². The minimum atomic E-state index is -1.29. The van der Waals surface area contributed by atoms with Gasteiger partial charge in [-0.3, -0.25) is 4.79 Å². The Hall–Kier alpha value is -3.46. The van der Waals surface area contributed by atoms with E-state index in [4.69, 9.17) is 16.7 Å². The highest BCUT2D eigenvalue weighted by Crippen LogP contribution is 2.23. The van der Waals surface area contributed by atoms with Gasteiger partial charge in [-0.1, -0.05) is 16.8 Å². The molecule has 4 aromatic rings. The van der Waals surface area contributed by atoms with Gasteiger partial charge in [-0.2, -0.15) is 0 Å². The number of pyridine rings is 1. The second-order valence-corrected chi connectivity index (χ2v) is 6.47. The summed E-state index contributed by atoms with van der Waals surface area (Å²) in [6.07, 6.45) is 5.12. The van der Waals surface area contributed by atoms with Crippen molar-refractivity contribution in [1.82, 2.24) is 29.5 Å². The maximum Gasteiger partial charge on any atom is 0.341 e. The molecule has 0 aliphatic carbocycles. The molecule has 0 amide bonds. The first kappa shape index (κ1) is 17.0. The van der Waals surface area contributed by atoms with Crippen LogP contribution in [0.5, 0.6) is 0 Å². The SMILES string of the molecule is Cn1cncc1-c1cn(Cc2cc(Cl)cc3cc(C(=O)O)c(=O)[nH]c23)nn1. The largest absolute Gasteiger partial charge is 0.477 e. The van der Waals surface area contributed by atoms with Gasteiger partial charge in [0.2, 0.25) is 0 Å². The zero-order chi connectivity index (χ0) is 19.1. The Balaban J connectivity index is 1.77. The quantitative estimate of drug-likeness (QED) is 0.554. The number of rotatable bonds is 4. The third-order valence-corrected chi connectivity index (χ3v) is 4.40. The Morgan fingerprint density at radius 3 is 2.85 bits per heavy atom. The molecule has 0 radical (unpaired) electrons. The first-order valence-electron chi connectivity index (χ1n) is 7.88. The van der Waals surface area contributed by atoms with Crippen LogP contribution >= 0.6 is 11.6 Å². The normalized spacial score (nSPS) is 11.2. The zero-order valence-electron chi connectivity index (χ0n) is 14.0. The Morgan fingerprint density at radius 2 is 2.15 bits per heavy atom. The van der Waals surface area contributed by atoms with Crippen LogP contribution in [-0.4, -0.2) is 40.6 Å². The van der Waals surface area contributed by atoms with Gasteiger partial charge in [0, 0.05) is 17.5 Å². The summed E-state index contributed by atoms with van der Waals surface area (Å²) in [6.45, 7) is 0.296. The van der Waals surface area contributed by atoms with E-state index in [1.165, 1.54) is 6.07 Å². The minimum Gasteiger partial charge on any atom is -0.477 e. The van der Waals surface area contributed by atoms with Crippen LogP contribution < -0.4 is 5.56 Å². The Labute approximate surface area is 156 Å². The molecule has 0 unspecified atom stereocenters. The van der Waals surface area contributed by atoms with E-state index in [0.717, 1.165) is 5.69 Å². The lowest BCUT2D eigenvalue weighted by atomic mass is 10.1. The fourth-order valence-corrected chi connectivity index (χ4v) is 3.16. The van der Waals surface area contributed by atoms with Crippen molar-refractivity contribution < 1.29 is 9.90 Å². The molecule has 3 aromatic heterocycles. The van der Waals surface area contributed by atoms with E-state index >= 15 is 0 Å². The van der Waals surface area contributed by atoms with Crippen LogP contribution in [0.4, 0.5) is 0 Å². The van der Waals surface area contributed by atoms with E-state index in [9.17, 15) is 9.59 Å². The Morgan fingerprint density at radius 1 is 1.33 bits per heavy atom. The number of H-pyrrole nitrogens is 1. The number of aromatic carboxylic acids is 1. The standard InChI is InChI=1S/C17H13ClN6O3/c1-23-8-19-5-14(23)13-7-24(22-21-13)6-10-3-11(18)2-9-4-12(17(26)27)16(25)20-15(9)10/h2-5,7-8H,6H2,1H3,(H,20,25)(H,26,27). The lowest BCUT2D eigenvalue weighted by Crippen LogP contribution is -2.17. The van der Waals surface area contributed by atoms with Crippen molar-refractivity contribution in [2.24, 2.45) is 7.05 Å². The van der Waals surface area contributed by atoms with E-state index in [1.807, 2.05) is 11.6 Å². The van der Waals surface area contributed by atoms with Crippen molar-refractivity contribution in [2.45, 2.75) is 6.54 Å². The summed E-state index contributed by atoms with van der Waals surface area (Å²) in [5, 5.41) is 18.3. The lowest BCUT2D eigenvalue weighted by molar-refractivity contribution is 0.0695. The van der Waals surface area contributed by atoms with Gasteiger partial charge in [-0.15, -0.1) is 5.10 Å². The van der Waals surface area contributed by atoms with Gasteiger partial charge in [-0.05, 0) is 23.8 Å². The van der Waals surface area contributed by atoms with Crippen molar-refractivity contribution in [3.8, 4) is 11.4 Å². The molecule has 0 bridgehead atoms. The van der Waals surface area contributed by atoms with Crippen molar-refractivity contribution in [1.29, 1.82) is 0 Å². The van der Waals surface area contributed by atoms with Gasteiger partial charge in [0.1, 0.15) is 11.3 Å². The first-order chi connectivity index (χ1) is 12.9. The Bertz CT molecular complexity index is 1240. The van der Waals surface area contributed by atoms with E-state index in [1.54, 1.807) is 35.5 Å². The molecule has 136 valence electrons. The van der Waals surface area contributed by atoms with Crippen LogP contribution in [0, 0.1) is 0 Å². The third-order valence-electron chi connectivity index (χ3n) is 4.18. The van der Waals surface area contributed by atoms with E-state index in [2.05, 4.69) is 20.3 Å². The molecule has 1 aromatic carbocycles. The number of carbonyl (C=O) groups is 1. The van der Waals surface area contributed by atoms with Crippen LogP contribution in [0.2, 0.25) is 5.02 Å². The summed E-state index contributed by atoms with van der Waals surface area (Å²) >= 11 is 6.17. The number of carboxylic acids is 1. The minimum absolute atomic E-state index is 0.296. The number of halogens is 1. The average molecular weight is 385 g/mol. The number of nitrogens with zero attached hydrogens (tertiary/aromatic N) is 5. The number of aromatic amines is 1. The van der Waals surface area contributed by atoms with Gasteiger partial charge in [0.15, 0.2) is 0 Å². The number of imidazole rings is 1. The van der Waals surface area contributed by atoms with Gasteiger partial charge in [-0.25, -0.2) is 14.5 Å². The molecule has 0 saturated heterocycles. The van der Waals surface area contributed by atoms with Gasteiger partial charge >= 0.3 is 5.97 Å². The van der Waals surface area contributed by atoms with Crippen LogP contribution in [0.25, 0.3) is 22.3 Å². The first-order valence-corrected chi connectivity index (χ1v) is 8.26. The molecule has 2 N–H and O–H groups in total. The van der Waals surface area contributed by atoms with E-state index in [-0.39, 0.29) is 5.56 Å². The number of hydrogen-bond acceptors (Lipinski definition) is 5. The van der Waals surface area contributed by atoms with Crippen LogP contribution in [0.3, 0.4) is 0 Å². The molecule has 27 heavy (non-hydrogen) atoms. The highest BCUT2D eigenvalue weighted by atomic mass is 35.5. The van der Waals surface area contributed by atoms with Gasteiger partial charge < -0.3 is 14.7 Å². The van der Waals surface area contributed by atoms with Crippen molar-refractivity contribution >= 4 is 28.5 Å². The maximum atomic E-state index is 12.0. The predicted molar refractivity (Wildman–Crippen MR) is 97.9 cm³/mol. The van der Waals surface area contributed by atoms with Crippen LogP contribution in [-0.2, 0) is 13.6 Å². The smallest absolute Gasteiger partial charge is 0.341 e. The number of aromatic nitrogens is 6. The number of nitrogens with one attached hydrogen (secondary N) is 1. The molecular weight excluding hydrogens is 372 g/mol. The molecule has 3 heterocycles. The average Bonchev–Trinajstić information content (AvgIpc) is 3.23. The number of hydrogen-bond donors (Lipinski definition) is 2. The molecule has 9 nitrogen and oxygen atoms in total. The molecule has 10 heteroatoms. The third kappa shape index (κ3) is 3.08. The zero-order valence-corrected chi connectivity index (χ0v) is 14.8. The predicted octanol–water partition coefficient (Wildman–Crippen LogP) is 1.92. The molecule has 0 aliphatic rings. The second-order valence-electron chi connectivity index (χ2n) is 6.04. The summed E-state index contributed by atoms with van der Waals surface area (Å²) in [4.78, 5) is 29.9. The summed E-state index contributed by atoms with van der Waals surface area (Å²) in [5.41, 5.74) is 1.65. The number of aryl methyl sites for hydroxylation is 1. The van der Waals surface area contributed by atoms with Crippen molar-refractivity contribution in [3.05, 3.63) is 63.4 Å². The molecule has 0 aliphatic heterocycles. The highest BCUT2D eigenvalue weighted by molar-refractivity contribution is 6.31. The monoisotopic (exact) mass is 384 g/mol. The van der Waals surface area contributed by atoms with Gasteiger partial charge in [0.05, 0.1) is 36.5 Å². The Kier molecular flexibility index (Phi) is 4.00. The van der Waals surface area contributed by atoms with E-state index < -0.39 is 11.5 Å². The molecule has 0 spiro atoms. The van der Waals surface area contributed by atoms with Crippen molar-refractivity contribution in [2.75, 3.05) is 0 Å². The molecular formula is C17H13ClN6O3. The number of carboxylic acid groups (broad SMARTS) is 1. The molecule has 0 fully saturated rings. The summed E-state index contributed by atoms with van der Waals surface area (Å²) < 4.78 is 3.44. The lowest BCUT2D eigenvalue weighted by Gasteiger charge is -2.08. The molecule has 4 rings (SSSR count). The van der Waals surface area contributed by atoms with Crippen LogP contribution in [0.15, 0.2) is 41.7 Å². The maximum absolute atomic E-state index is 12.0. The molecule has 0 saturated carbocycles. The fraction of sp³-hybridized carbons (Fsp3) is 0.118. The summed E-state index contributed by atoms with van der Waals surface area (Å²) in [6, 6.07) is 4.62. The second kappa shape index (κ2) is 6.36. The highest BCUT2D eigenvalue weighted by Gasteiger charge is 2.14.